The van der Waals surface area contributed by atoms with Gasteiger partial charge in [0.2, 0.25) is 5.88 Å². The van der Waals surface area contributed by atoms with Crippen LogP contribution < -0.4 is 10.1 Å². The lowest BCUT2D eigenvalue weighted by Crippen LogP contribution is -2.17. The topological polar surface area (TPSA) is 43.4 Å². The van der Waals surface area contributed by atoms with Crippen molar-refractivity contribution in [1.29, 1.82) is 0 Å². The van der Waals surface area contributed by atoms with E-state index in [9.17, 15) is 0 Å². The molecule has 1 heterocycles. The number of aromatic nitrogens is 1. The van der Waals surface area contributed by atoms with Gasteiger partial charge in [0.25, 0.3) is 0 Å². The lowest BCUT2D eigenvalue weighted by Gasteiger charge is -2.14. The SMILES string of the molecule is CCCNCc1c(C)cc(C)nc1OCCOC. The van der Waals surface area contributed by atoms with Crippen molar-refractivity contribution in [2.24, 2.45) is 0 Å². The van der Waals surface area contributed by atoms with E-state index in [0.29, 0.717) is 13.2 Å². The van der Waals surface area contributed by atoms with Crippen molar-refractivity contribution < 1.29 is 9.47 Å². The maximum Gasteiger partial charge on any atom is 0.218 e. The molecule has 1 aromatic rings. The third-order valence-electron chi connectivity index (χ3n) is 2.69. The Kier molecular flexibility index (Phi) is 6.68. The zero-order valence-corrected chi connectivity index (χ0v) is 11.9. The highest BCUT2D eigenvalue weighted by molar-refractivity contribution is 5.35. The van der Waals surface area contributed by atoms with Gasteiger partial charge >= 0.3 is 0 Å². The molecule has 18 heavy (non-hydrogen) atoms. The number of rotatable bonds is 8. The molecule has 0 aliphatic heterocycles. The van der Waals surface area contributed by atoms with Gasteiger partial charge in [0.1, 0.15) is 6.61 Å². The first kappa shape index (κ1) is 14.9. The van der Waals surface area contributed by atoms with Crippen LogP contribution in [0.2, 0.25) is 0 Å². The fourth-order valence-corrected chi connectivity index (χ4v) is 1.78. The van der Waals surface area contributed by atoms with Crippen molar-refractivity contribution in [3.8, 4) is 5.88 Å². The van der Waals surface area contributed by atoms with Gasteiger partial charge in [-0.15, -0.1) is 0 Å². The summed E-state index contributed by atoms with van der Waals surface area (Å²) in [5, 5.41) is 3.39. The van der Waals surface area contributed by atoms with Crippen LogP contribution in [0.3, 0.4) is 0 Å². The highest BCUT2D eigenvalue weighted by Gasteiger charge is 2.09. The van der Waals surface area contributed by atoms with Gasteiger partial charge in [0.15, 0.2) is 0 Å². The smallest absolute Gasteiger partial charge is 0.218 e. The van der Waals surface area contributed by atoms with Crippen molar-refractivity contribution in [3.63, 3.8) is 0 Å². The van der Waals surface area contributed by atoms with Gasteiger partial charge in [0, 0.05) is 24.9 Å². The van der Waals surface area contributed by atoms with E-state index < -0.39 is 0 Å². The second kappa shape index (κ2) is 8.06. The standard InChI is InChI=1S/C14H24N2O2/c1-5-6-15-10-13-11(2)9-12(3)16-14(13)18-8-7-17-4/h9,15H,5-8,10H2,1-4H3. The highest BCUT2D eigenvalue weighted by atomic mass is 16.5. The normalized spacial score (nSPS) is 10.7. The van der Waals surface area contributed by atoms with Crippen LogP contribution in [0.1, 0.15) is 30.2 Å². The Bertz CT molecular complexity index is 367. The molecule has 4 heteroatoms. The fraction of sp³-hybridized carbons (Fsp3) is 0.643. The van der Waals surface area contributed by atoms with Gasteiger partial charge in [-0.25, -0.2) is 4.98 Å². The second-order valence-electron chi connectivity index (χ2n) is 4.38. The largest absolute Gasteiger partial charge is 0.475 e. The molecule has 0 aliphatic carbocycles. The summed E-state index contributed by atoms with van der Waals surface area (Å²) < 4.78 is 10.7. The van der Waals surface area contributed by atoms with Gasteiger partial charge in [0.05, 0.1) is 6.61 Å². The van der Waals surface area contributed by atoms with Crippen LogP contribution in [-0.4, -0.2) is 31.9 Å². The predicted octanol–water partition coefficient (Wildman–Crippen LogP) is 2.22. The van der Waals surface area contributed by atoms with Crippen molar-refractivity contribution >= 4 is 0 Å². The highest BCUT2D eigenvalue weighted by Crippen LogP contribution is 2.20. The van der Waals surface area contributed by atoms with Crippen LogP contribution in [0.5, 0.6) is 5.88 Å². The summed E-state index contributed by atoms with van der Waals surface area (Å²) >= 11 is 0. The summed E-state index contributed by atoms with van der Waals surface area (Å²) in [4.78, 5) is 4.47. The van der Waals surface area contributed by atoms with Gasteiger partial charge in [-0.1, -0.05) is 6.92 Å². The molecule has 0 saturated carbocycles. The summed E-state index contributed by atoms with van der Waals surface area (Å²) in [6.45, 7) is 9.16. The second-order valence-corrected chi connectivity index (χ2v) is 4.38. The number of nitrogens with one attached hydrogen (secondary N) is 1. The molecule has 0 unspecified atom stereocenters. The van der Waals surface area contributed by atoms with E-state index >= 15 is 0 Å². The lowest BCUT2D eigenvalue weighted by atomic mass is 10.1. The van der Waals surface area contributed by atoms with E-state index in [2.05, 4.69) is 30.2 Å². The maximum absolute atomic E-state index is 5.69. The van der Waals surface area contributed by atoms with Crippen molar-refractivity contribution in [2.45, 2.75) is 33.7 Å². The van der Waals surface area contributed by atoms with Crippen molar-refractivity contribution in [2.75, 3.05) is 26.9 Å². The average Bonchev–Trinajstić information content (AvgIpc) is 2.32. The van der Waals surface area contributed by atoms with E-state index in [1.165, 1.54) is 5.56 Å². The number of hydrogen-bond donors (Lipinski definition) is 1. The minimum Gasteiger partial charge on any atom is -0.475 e. The van der Waals surface area contributed by atoms with E-state index in [1.54, 1.807) is 7.11 Å². The molecule has 4 nitrogen and oxygen atoms in total. The lowest BCUT2D eigenvalue weighted by molar-refractivity contribution is 0.143. The Morgan fingerprint density at radius 1 is 1.28 bits per heavy atom. The molecule has 0 amide bonds. The number of ether oxygens (including phenoxy) is 2. The van der Waals surface area contributed by atoms with E-state index in [-0.39, 0.29) is 0 Å². The summed E-state index contributed by atoms with van der Waals surface area (Å²) in [6, 6.07) is 2.09. The van der Waals surface area contributed by atoms with Crippen LogP contribution in [0.25, 0.3) is 0 Å². The quantitative estimate of drug-likeness (QED) is 0.720. The van der Waals surface area contributed by atoms with Crippen LogP contribution in [0.15, 0.2) is 6.07 Å². The molecule has 0 bridgehead atoms. The Hall–Kier alpha value is -1.13. The van der Waals surface area contributed by atoms with E-state index in [4.69, 9.17) is 9.47 Å². The number of hydrogen-bond acceptors (Lipinski definition) is 4. The molecule has 0 radical (unpaired) electrons. The van der Waals surface area contributed by atoms with Crippen LogP contribution >= 0.6 is 0 Å². The zero-order valence-electron chi connectivity index (χ0n) is 11.9. The summed E-state index contributed by atoms with van der Waals surface area (Å²) in [6.07, 6.45) is 1.12. The number of pyridine rings is 1. The minimum absolute atomic E-state index is 0.535. The molecule has 1 rings (SSSR count). The van der Waals surface area contributed by atoms with Crippen LogP contribution in [0, 0.1) is 13.8 Å². The Balaban J connectivity index is 2.76. The number of methoxy groups -OCH3 is 1. The molecule has 0 spiro atoms. The zero-order chi connectivity index (χ0) is 13.4. The molecule has 1 aromatic heterocycles. The molecule has 0 atom stereocenters. The molecule has 1 N–H and O–H groups in total. The van der Waals surface area contributed by atoms with Gasteiger partial charge in [-0.2, -0.15) is 0 Å². The van der Waals surface area contributed by atoms with Crippen LogP contribution in [-0.2, 0) is 11.3 Å². The van der Waals surface area contributed by atoms with E-state index in [0.717, 1.165) is 36.6 Å². The Morgan fingerprint density at radius 3 is 2.72 bits per heavy atom. The first-order chi connectivity index (χ1) is 8.69. The van der Waals surface area contributed by atoms with Crippen molar-refractivity contribution in [1.82, 2.24) is 10.3 Å². The first-order valence-electron chi connectivity index (χ1n) is 6.48. The van der Waals surface area contributed by atoms with Gasteiger partial charge in [-0.3, -0.25) is 0 Å². The molecule has 0 aromatic carbocycles. The molecule has 0 saturated heterocycles. The van der Waals surface area contributed by atoms with Crippen molar-refractivity contribution in [3.05, 3.63) is 22.9 Å². The maximum atomic E-state index is 5.69. The van der Waals surface area contributed by atoms with Crippen LogP contribution in [0.4, 0.5) is 0 Å². The molecule has 0 fully saturated rings. The summed E-state index contributed by atoms with van der Waals surface area (Å²) in [7, 11) is 1.67. The predicted molar refractivity (Wildman–Crippen MR) is 73.1 cm³/mol. The van der Waals surface area contributed by atoms with Gasteiger partial charge in [-0.05, 0) is 38.4 Å². The van der Waals surface area contributed by atoms with E-state index in [1.807, 2.05) is 6.92 Å². The Morgan fingerprint density at radius 2 is 2.06 bits per heavy atom. The summed E-state index contributed by atoms with van der Waals surface area (Å²) in [5.74, 6) is 0.730. The first-order valence-corrected chi connectivity index (χ1v) is 6.48. The number of nitrogens with zero attached hydrogens (tertiary/aromatic N) is 1. The monoisotopic (exact) mass is 252 g/mol. The molecular formula is C14H24N2O2. The third kappa shape index (κ3) is 4.63. The molecule has 0 aliphatic rings. The average molecular weight is 252 g/mol. The number of aryl methyl sites for hydroxylation is 2. The molecular weight excluding hydrogens is 228 g/mol. The summed E-state index contributed by atoms with van der Waals surface area (Å²) in [5.41, 5.74) is 3.35. The third-order valence-corrected chi connectivity index (χ3v) is 2.69. The Labute approximate surface area is 110 Å². The fourth-order valence-electron chi connectivity index (χ4n) is 1.78. The molecule has 102 valence electrons. The van der Waals surface area contributed by atoms with Gasteiger partial charge < -0.3 is 14.8 Å². The minimum atomic E-state index is 0.535.